The van der Waals surface area contributed by atoms with E-state index in [4.69, 9.17) is 9.47 Å². The van der Waals surface area contributed by atoms with Crippen molar-refractivity contribution >= 4 is 0 Å². The number of hydrogen-bond donors (Lipinski definition) is 0. The van der Waals surface area contributed by atoms with Crippen LogP contribution in [0.5, 0.6) is 0 Å². The number of rotatable bonds is 15. The normalized spacial score (nSPS) is 13.5. The molecule has 0 heterocycles. The smallest absolute Gasteiger partial charge is 0.200 e. The zero-order valence-electron chi connectivity index (χ0n) is 23.2. The van der Waals surface area contributed by atoms with Crippen LogP contribution in [-0.4, -0.2) is 19.8 Å². The highest BCUT2D eigenvalue weighted by Crippen LogP contribution is 2.31. The first-order valence-electron chi connectivity index (χ1n) is 12.0. The van der Waals surface area contributed by atoms with Gasteiger partial charge in [0.1, 0.15) is 0 Å². The average Bonchev–Trinajstić information content (AvgIpc) is 2.89. The van der Waals surface area contributed by atoms with Crippen LogP contribution in [0.1, 0.15) is 53.9 Å². The molecule has 6 heteroatoms. The van der Waals surface area contributed by atoms with E-state index in [9.17, 15) is 17.6 Å². The molecule has 0 radical (unpaired) electrons. The molecule has 0 spiro atoms. The summed E-state index contributed by atoms with van der Waals surface area (Å²) in [6.07, 6.45) is 6.43. The summed E-state index contributed by atoms with van der Waals surface area (Å²) in [7, 11) is 1.55. The average molecular weight is 523 g/mol. The highest BCUT2D eigenvalue weighted by Gasteiger charge is 2.17. The summed E-state index contributed by atoms with van der Waals surface area (Å²) in [5.74, 6) is -5.46. The predicted molar refractivity (Wildman–Crippen MR) is 150 cm³/mol. The second kappa shape index (κ2) is 19.1. The van der Waals surface area contributed by atoms with Gasteiger partial charge in [-0.15, -0.1) is 0 Å². The SMILES string of the molecule is C=C(/C=C\C(=C)C(=C)/C(F)=C(/F)C(=C)/C(C)=C/CC(C)OC)C(=C)/C(F)=C(/F)C(=C)OCCC.CCC. The van der Waals surface area contributed by atoms with Crippen LogP contribution in [0.15, 0.2) is 120 Å². The number of ether oxygens (including phenoxy) is 2. The lowest BCUT2D eigenvalue weighted by Crippen LogP contribution is -2.02. The highest BCUT2D eigenvalue weighted by molar-refractivity contribution is 5.55. The van der Waals surface area contributed by atoms with Crippen molar-refractivity contribution in [3.05, 3.63) is 120 Å². The fourth-order valence-corrected chi connectivity index (χ4v) is 2.23. The Hall–Kier alpha value is -3.12. The van der Waals surface area contributed by atoms with Gasteiger partial charge in [-0.25, -0.2) is 13.2 Å². The minimum atomic E-state index is -1.30. The van der Waals surface area contributed by atoms with Crippen LogP contribution in [0.4, 0.5) is 17.6 Å². The molecule has 1 unspecified atom stereocenters. The Kier molecular flexibility index (Phi) is 18.6. The van der Waals surface area contributed by atoms with E-state index in [0.29, 0.717) is 18.4 Å². The quantitative estimate of drug-likeness (QED) is 0.121. The largest absolute Gasteiger partial charge is 0.491 e. The summed E-state index contributed by atoms with van der Waals surface area (Å²) >= 11 is 0. The number of hydrogen-bond acceptors (Lipinski definition) is 2. The van der Waals surface area contributed by atoms with Crippen LogP contribution in [0.25, 0.3) is 0 Å². The van der Waals surface area contributed by atoms with Gasteiger partial charge in [0.25, 0.3) is 0 Å². The molecule has 0 aliphatic carbocycles. The molecule has 0 aliphatic heterocycles. The third kappa shape index (κ3) is 13.1. The molecule has 0 aromatic heterocycles. The predicted octanol–water partition coefficient (Wildman–Crippen LogP) is 10.4. The Balaban J connectivity index is 0. The molecule has 0 aromatic rings. The molecular weight excluding hydrogens is 480 g/mol. The number of methoxy groups -OCH3 is 1. The first kappa shape index (κ1) is 36.0. The van der Waals surface area contributed by atoms with Crippen LogP contribution in [0.3, 0.4) is 0 Å². The van der Waals surface area contributed by atoms with Crippen molar-refractivity contribution in [2.24, 2.45) is 0 Å². The maximum absolute atomic E-state index is 14.6. The van der Waals surface area contributed by atoms with E-state index < -0.39 is 29.1 Å². The monoisotopic (exact) mass is 522 g/mol. The van der Waals surface area contributed by atoms with Crippen LogP contribution < -0.4 is 0 Å². The van der Waals surface area contributed by atoms with E-state index >= 15 is 0 Å². The summed E-state index contributed by atoms with van der Waals surface area (Å²) in [5.41, 5.74) is -0.423. The Labute approximate surface area is 221 Å². The molecular formula is C31H42F4O2. The van der Waals surface area contributed by atoms with Gasteiger partial charge >= 0.3 is 0 Å². The minimum absolute atomic E-state index is 0.00964. The second-order valence-electron chi connectivity index (χ2n) is 8.22. The summed E-state index contributed by atoms with van der Waals surface area (Å²) in [6, 6.07) is 0. The van der Waals surface area contributed by atoms with Crippen molar-refractivity contribution in [3.63, 3.8) is 0 Å². The van der Waals surface area contributed by atoms with Crippen molar-refractivity contribution in [3.8, 4) is 0 Å². The summed E-state index contributed by atoms with van der Waals surface area (Å²) in [6.45, 7) is 30.8. The molecule has 206 valence electrons. The summed E-state index contributed by atoms with van der Waals surface area (Å²) in [4.78, 5) is 0. The van der Waals surface area contributed by atoms with Gasteiger partial charge in [-0.3, -0.25) is 0 Å². The first-order chi connectivity index (χ1) is 17.2. The van der Waals surface area contributed by atoms with Crippen molar-refractivity contribution in [1.29, 1.82) is 0 Å². The zero-order chi connectivity index (χ0) is 29.3. The van der Waals surface area contributed by atoms with Gasteiger partial charge in [0, 0.05) is 23.8 Å². The van der Waals surface area contributed by atoms with Gasteiger partial charge < -0.3 is 9.47 Å². The molecule has 0 N–H and O–H groups in total. The van der Waals surface area contributed by atoms with Gasteiger partial charge in [-0.2, -0.15) is 4.39 Å². The zero-order valence-corrected chi connectivity index (χ0v) is 23.2. The molecule has 0 fully saturated rings. The van der Waals surface area contributed by atoms with Crippen LogP contribution in [0.2, 0.25) is 0 Å². The maximum atomic E-state index is 14.6. The Morgan fingerprint density at radius 1 is 0.757 bits per heavy atom. The van der Waals surface area contributed by atoms with Gasteiger partial charge in [0.15, 0.2) is 23.2 Å². The lowest BCUT2D eigenvalue weighted by molar-refractivity contribution is 0.121. The fraction of sp³-hybridized carbons (Fsp3) is 0.355. The molecule has 0 rings (SSSR count). The highest BCUT2D eigenvalue weighted by atomic mass is 19.2. The third-order valence-corrected chi connectivity index (χ3v) is 4.80. The molecule has 0 bridgehead atoms. The number of allylic oxidation sites excluding steroid dienone is 12. The van der Waals surface area contributed by atoms with E-state index in [2.05, 4.69) is 53.3 Å². The fourth-order valence-electron chi connectivity index (χ4n) is 2.23. The Morgan fingerprint density at radius 2 is 1.16 bits per heavy atom. The van der Waals surface area contributed by atoms with E-state index in [1.807, 2.05) is 6.92 Å². The number of halogens is 4. The topological polar surface area (TPSA) is 18.5 Å². The van der Waals surface area contributed by atoms with E-state index in [-0.39, 0.29) is 40.6 Å². The van der Waals surface area contributed by atoms with Gasteiger partial charge in [-0.05, 0) is 43.4 Å². The van der Waals surface area contributed by atoms with E-state index in [1.54, 1.807) is 27.0 Å². The molecule has 0 saturated heterocycles. The molecule has 2 nitrogen and oxygen atoms in total. The maximum Gasteiger partial charge on any atom is 0.200 e. The van der Waals surface area contributed by atoms with Gasteiger partial charge in [-0.1, -0.05) is 84.9 Å². The second-order valence-corrected chi connectivity index (χ2v) is 8.22. The molecule has 1 atom stereocenters. The first-order valence-corrected chi connectivity index (χ1v) is 12.0. The van der Waals surface area contributed by atoms with Gasteiger partial charge in [0.2, 0.25) is 5.83 Å². The van der Waals surface area contributed by atoms with Crippen molar-refractivity contribution < 1.29 is 27.0 Å². The molecule has 0 amide bonds. The van der Waals surface area contributed by atoms with E-state index in [1.165, 1.54) is 18.6 Å². The minimum Gasteiger partial charge on any atom is -0.491 e. The molecule has 0 saturated carbocycles. The molecule has 0 aliphatic rings. The van der Waals surface area contributed by atoms with Crippen molar-refractivity contribution in [1.82, 2.24) is 0 Å². The standard InChI is InChI=1S/C28H34F4O2.C3H8/c1-11-16-34-24(9)28(32)27(31)23(8)18(3)13-12-17(2)21(6)25(29)26(30)22(7)19(4)14-15-20(5)33-10;1-3-2/h12-14,20H,2-3,6-9,11,15-16H2,1,4-5,10H3;3H2,1-2H3/b13-12-,19-14+,26-25-,28-27-;. The summed E-state index contributed by atoms with van der Waals surface area (Å²) < 4.78 is 67.8. The van der Waals surface area contributed by atoms with E-state index in [0.717, 1.165) is 0 Å². The lowest BCUT2D eigenvalue weighted by Gasteiger charge is -2.11. The van der Waals surface area contributed by atoms with Crippen molar-refractivity contribution in [2.75, 3.05) is 13.7 Å². The van der Waals surface area contributed by atoms with Crippen molar-refractivity contribution in [2.45, 2.75) is 60.0 Å². The lowest BCUT2D eigenvalue weighted by atomic mass is 10.0. The van der Waals surface area contributed by atoms with Gasteiger partial charge in [0.05, 0.1) is 12.7 Å². The Bertz CT molecular complexity index is 991. The van der Waals surface area contributed by atoms with Crippen LogP contribution in [0, 0.1) is 0 Å². The van der Waals surface area contributed by atoms with Crippen LogP contribution >= 0.6 is 0 Å². The molecule has 37 heavy (non-hydrogen) atoms. The third-order valence-electron chi connectivity index (χ3n) is 4.80. The molecule has 0 aromatic carbocycles. The Morgan fingerprint density at radius 3 is 1.57 bits per heavy atom. The van der Waals surface area contributed by atoms with Crippen LogP contribution in [-0.2, 0) is 9.47 Å². The summed E-state index contributed by atoms with van der Waals surface area (Å²) in [5, 5.41) is 0.